The first-order chi connectivity index (χ1) is 8.42. The Labute approximate surface area is 99.9 Å². The highest BCUT2D eigenvalue weighted by atomic mass is 16.7. The van der Waals surface area contributed by atoms with Crippen LogP contribution in [0.1, 0.15) is 11.1 Å². The Morgan fingerprint density at radius 3 is 3.18 bits per heavy atom. The maximum Gasteiger partial charge on any atom is 0.231 e. The molecule has 0 amide bonds. The van der Waals surface area contributed by atoms with Crippen LogP contribution in [-0.4, -0.2) is 32.1 Å². The normalized spacial score (nSPS) is 29.6. The number of nitrogens with one attached hydrogen (secondary N) is 1. The van der Waals surface area contributed by atoms with E-state index >= 15 is 0 Å². The van der Waals surface area contributed by atoms with Gasteiger partial charge in [-0.2, -0.15) is 0 Å². The Balaban J connectivity index is 1.75. The smallest absolute Gasteiger partial charge is 0.231 e. The molecule has 1 aliphatic carbocycles. The van der Waals surface area contributed by atoms with Gasteiger partial charge in [0.2, 0.25) is 6.79 Å². The van der Waals surface area contributed by atoms with Crippen molar-refractivity contribution in [2.75, 3.05) is 19.9 Å². The lowest BCUT2D eigenvalue weighted by molar-refractivity contribution is -0.00777. The van der Waals surface area contributed by atoms with Gasteiger partial charge in [-0.1, -0.05) is 6.07 Å². The molecule has 2 atom stereocenters. The second-order valence-corrected chi connectivity index (χ2v) is 4.82. The van der Waals surface area contributed by atoms with E-state index in [4.69, 9.17) is 14.2 Å². The van der Waals surface area contributed by atoms with Crippen LogP contribution in [0.4, 0.5) is 0 Å². The summed E-state index contributed by atoms with van der Waals surface area (Å²) in [6.07, 6.45) is 2.24. The molecule has 0 saturated carbocycles. The van der Waals surface area contributed by atoms with Gasteiger partial charge in [0, 0.05) is 24.6 Å². The molecule has 2 aliphatic heterocycles. The van der Waals surface area contributed by atoms with Crippen LogP contribution in [-0.2, 0) is 17.6 Å². The summed E-state index contributed by atoms with van der Waals surface area (Å²) >= 11 is 0. The highest BCUT2D eigenvalue weighted by molar-refractivity contribution is 5.53. The van der Waals surface area contributed by atoms with Gasteiger partial charge in [0.25, 0.3) is 0 Å². The van der Waals surface area contributed by atoms with Crippen LogP contribution in [0.2, 0.25) is 0 Å². The molecule has 1 aromatic rings. The van der Waals surface area contributed by atoms with Gasteiger partial charge < -0.3 is 19.5 Å². The zero-order chi connectivity index (χ0) is 11.2. The fourth-order valence-corrected chi connectivity index (χ4v) is 3.03. The van der Waals surface area contributed by atoms with Gasteiger partial charge in [-0.15, -0.1) is 0 Å². The van der Waals surface area contributed by atoms with Crippen molar-refractivity contribution < 1.29 is 14.2 Å². The zero-order valence-corrected chi connectivity index (χ0v) is 9.57. The summed E-state index contributed by atoms with van der Waals surface area (Å²) in [7, 11) is 0. The average Bonchev–Trinajstić information content (AvgIpc) is 2.85. The summed E-state index contributed by atoms with van der Waals surface area (Å²) in [5, 5.41) is 3.53. The molecular formula is C13H15NO3. The van der Waals surface area contributed by atoms with Crippen molar-refractivity contribution >= 4 is 0 Å². The van der Waals surface area contributed by atoms with Gasteiger partial charge in [0.1, 0.15) is 0 Å². The summed E-state index contributed by atoms with van der Waals surface area (Å²) in [5.74, 6) is 1.82. The number of morpholine rings is 1. The summed E-state index contributed by atoms with van der Waals surface area (Å²) in [6, 6.07) is 4.64. The van der Waals surface area contributed by atoms with E-state index < -0.39 is 0 Å². The number of fused-ring (bicyclic) bond motifs is 4. The van der Waals surface area contributed by atoms with Crippen LogP contribution < -0.4 is 14.8 Å². The van der Waals surface area contributed by atoms with E-state index in [0.717, 1.165) is 37.5 Å². The van der Waals surface area contributed by atoms with Gasteiger partial charge in [0.05, 0.1) is 12.7 Å². The monoisotopic (exact) mass is 233 g/mol. The van der Waals surface area contributed by atoms with Crippen molar-refractivity contribution in [2.45, 2.75) is 25.0 Å². The van der Waals surface area contributed by atoms with Crippen molar-refractivity contribution in [3.8, 4) is 11.5 Å². The van der Waals surface area contributed by atoms with Gasteiger partial charge >= 0.3 is 0 Å². The lowest BCUT2D eigenvalue weighted by Gasteiger charge is -2.37. The summed E-state index contributed by atoms with van der Waals surface area (Å²) < 4.78 is 16.8. The molecule has 1 saturated heterocycles. The molecule has 3 aliphatic rings. The first-order valence-corrected chi connectivity index (χ1v) is 6.17. The van der Waals surface area contributed by atoms with E-state index in [1.165, 1.54) is 11.1 Å². The number of benzene rings is 1. The van der Waals surface area contributed by atoms with Crippen molar-refractivity contribution in [3.63, 3.8) is 0 Å². The second-order valence-electron chi connectivity index (χ2n) is 4.82. The lowest BCUT2D eigenvalue weighted by atomic mass is 9.84. The predicted octanol–water partition coefficient (Wildman–Crippen LogP) is 0.871. The Morgan fingerprint density at radius 1 is 1.18 bits per heavy atom. The minimum Gasteiger partial charge on any atom is -0.454 e. The largest absolute Gasteiger partial charge is 0.454 e. The van der Waals surface area contributed by atoms with Crippen molar-refractivity contribution in [1.29, 1.82) is 0 Å². The maximum atomic E-state index is 5.84. The number of hydrogen-bond donors (Lipinski definition) is 1. The lowest BCUT2D eigenvalue weighted by Crippen LogP contribution is -2.52. The molecule has 90 valence electrons. The number of ether oxygens (including phenoxy) is 3. The molecule has 1 N–H and O–H groups in total. The molecule has 4 heteroatoms. The quantitative estimate of drug-likeness (QED) is 0.722. The topological polar surface area (TPSA) is 39.7 Å². The Hall–Kier alpha value is -1.26. The molecular weight excluding hydrogens is 218 g/mol. The molecule has 4 nitrogen and oxygen atoms in total. The third-order valence-electron chi connectivity index (χ3n) is 3.87. The van der Waals surface area contributed by atoms with Crippen LogP contribution >= 0.6 is 0 Å². The van der Waals surface area contributed by atoms with Crippen LogP contribution in [0, 0.1) is 0 Å². The van der Waals surface area contributed by atoms with Gasteiger partial charge in [-0.05, 0) is 18.1 Å². The third-order valence-corrected chi connectivity index (χ3v) is 3.87. The highest BCUT2D eigenvalue weighted by Crippen LogP contribution is 2.41. The summed E-state index contributed by atoms with van der Waals surface area (Å²) in [6.45, 7) is 2.11. The van der Waals surface area contributed by atoms with E-state index in [-0.39, 0.29) is 6.10 Å². The third kappa shape index (κ3) is 1.44. The molecule has 0 spiro atoms. The molecule has 4 rings (SSSR count). The van der Waals surface area contributed by atoms with Gasteiger partial charge in [-0.25, -0.2) is 0 Å². The first kappa shape index (κ1) is 9.74. The Kier molecular flexibility index (Phi) is 2.07. The van der Waals surface area contributed by atoms with Crippen molar-refractivity contribution in [3.05, 3.63) is 23.3 Å². The molecule has 1 fully saturated rings. The van der Waals surface area contributed by atoms with E-state index in [1.807, 2.05) is 6.07 Å². The fourth-order valence-electron chi connectivity index (χ4n) is 3.03. The second kappa shape index (κ2) is 3.62. The predicted molar refractivity (Wildman–Crippen MR) is 61.5 cm³/mol. The standard InChI is InChI=1S/C13H15NO3/c1-2-11-13(17-7-16-11)9-6-12-10(5-8(1)9)14-3-4-15-12/h1-2,10,12,14H,3-7H2. The molecule has 2 heterocycles. The SMILES string of the molecule is c1cc2c(c3c1CC1NCCOC1C3)OCO2. The molecule has 17 heavy (non-hydrogen) atoms. The van der Waals surface area contributed by atoms with Crippen molar-refractivity contribution in [1.82, 2.24) is 5.32 Å². The fraction of sp³-hybridized carbons (Fsp3) is 0.538. The van der Waals surface area contributed by atoms with E-state index in [1.54, 1.807) is 0 Å². The van der Waals surface area contributed by atoms with Gasteiger partial charge in [-0.3, -0.25) is 0 Å². The maximum absolute atomic E-state index is 5.84. The van der Waals surface area contributed by atoms with Crippen LogP contribution in [0.15, 0.2) is 12.1 Å². The van der Waals surface area contributed by atoms with E-state index in [0.29, 0.717) is 12.8 Å². The minimum absolute atomic E-state index is 0.284. The highest BCUT2D eigenvalue weighted by Gasteiger charge is 2.34. The minimum atomic E-state index is 0.284. The molecule has 2 unspecified atom stereocenters. The molecule has 0 radical (unpaired) electrons. The molecule has 0 aromatic heterocycles. The summed E-state index contributed by atoms with van der Waals surface area (Å²) in [4.78, 5) is 0. The van der Waals surface area contributed by atoms with Crippen LogP contribution in [0.3, 0.4) is 0 Å². The van der Waals surface area contributed by atoms with Crippen LogP contribution in [0.5, 0.6) is 11.5 Å². The zero-order valence-electron chi connectivity index (χ0n) is 9.57. The Morgan fingerprint density at radius 2 is 2.18 bits per heavy atom. The number of hydrogen-bond acceptors (Lipinski definition) is 4. The molecule has 0 bridgehead atoms. The van der Waals surface area contributed by atoms with E-state index in [9.17, 15) is 0 Å². The summed E-state index contributed by atoms with van der Waals surface area (Å²) in [5.41, 5.74) is 2.65. The van der Waals surface area contributed by atoms with Crippen LogP contribution in [0.25, 0.3) is 0 Å². The van der Waals surface area contributed by atoms with E-state index in [2.05, 4.69) is 11.4 Å². The van der Waals surface area contributed by atoms with Crippen molar-refractivity contribution in [2.24, 2.45) is 0 Å². The van der Waals surface area contributed by atoms with Gasteiger partial charge in [0.15, 0.2) is 11.5 Å². The molecule has 1 aromatic carbocycles. The Bertz CT molecular complexity index is 460. The average molecular weight is 233 g/mol. The number of rotatable bonds is 0. The first-order valence-electron chi connectivity index (χ1n) is 6.17.